The number of hydrogen-bond acceptors (Lipinski definition) is 1. The Morgan fingerprint density at radius 3 is 2.92 bits per heavy atom. The second-order valence-electron chi connectivity index (χ2n) is 3.21. The van der Waals surface area contributed by atoms with E-state index in [1.807, 2.05) is 18.9 Å². The van der Waals surface area contributed by atoms with Crippen molar-refractivity contribution in [2.45, 2.75) is 13.3 Å². The summed E-state index contributed by atoms with van der Waals surface area (Å²) in [6.45, 7) is 3.16. The molecule has 3 heteroatoms. The zero-order chi connectivity index (χ0) is 9.14. The first-order valence-electron chi connectivity index (χ1n) is 3.99. The normalized spacial score (nSPS) is 32.2. The highest BCUT2D eigenvalue weighted by molar-refractivity contribution is 6.31. The van der Waals surface area contributed by atoms with Crippen molar-refractivity contribution in [1.29, 1.82) is 0 Å². The summed E-state index contributed by atoms with van der Waals surface area (Å²) in [5.41, 5.74) is 1.05. The van der Waals surface area contributed by atoms with Crippen LogP contribution in [0.5, 0.6) is 0 Å². The van der Waals surface area contributed by atoms with Gasteiger partial charge in [-0.1, -0.05) is 17.2 Å². The molecule has 0 saturated carbocycles. The number of likely N-dealkylation sites (N-methyl/N-ethyl adjacent to an activating group) is 1. The molecule has 0 amide bonds. The van der Waals surface area contributed by atoms with Crippen molar-refractivity contribution < 1.29 is 4.39 Å². The van der Waals surface area contributed by atoms with Gasteiger partial charge in [0.15, 0.2) is 0 Å². The molecule has 0 fully saturated rings. The summed E-state index contributed by atoms with van der Waals surface area (Å²) >= 11 is 5.83. The summed E-state index contributed by atoms with van der Waals surface area (Å²) in [6, 6.07) is 0. The SMILES string of the molecule is C/C1=C(Cl)\C=C(\F)CN(C)CC1. The Hall–Kier alpha value is -0.340. The summed E-state index contributed by atoms with van der Waals surface area (Å²) in [6.07, 6.45) is 2.33. The zero-order valence-corrected chi connectivity index (χ0v) is 8.16. The lowest BCUT2D eigenvalue weighted by atomic mass is 10.1. The largest absolute Gasteiger partial charge is 0.299 e. The number of hydrogen-bond donors (Lipinski definition) is 0. The van der Waals surface area contributed by atoms with Crippen molar-refractivity contribution in [1.82, 2.24) is 4.90 Å². The molecule has 1 nitrogen and oxygen atoms in total. The monoisotopic (exact) mass is 189 g/mol. The summed E-state index contributed by atoms with van der Waals surface area (Å²) < 4.78 is 13.0. The highest BCUT2D eigenvalue weighted by atomic mass is 35.5. The van der Waals surface area contributed by atoms with Crippen LogP contribution in [-0.2, 0) is 0 Å². The minimum atomic E-state index is -0.165. The highest BCUT2D eigenvalue weighted by Crippen LogP contribution is 2.19. The van der Waals surface area contributed by atoms with E-state index in [0.29, 0.717) is 11.6 Å². The molecule has 0 aliphatic carbocycles. The van der Waals surface area contributed by atoms with Crippen LogP contribution in [0.4, 0.5) is 4.39 Å². The van der Waals surface area contributed by atoms with Gasteiger partial charge < -0.3 is 0 Å². The Bertz CT molecular complexity index is 233. The van der Waals surface area contributed by atoms with Crippen molar-refractivity contribution in [3.8, 4) is 0 Å². The molecule has 1 rings (SSSR count). The molecule has 68 valence electrons. The quantitative estimate of drug-likeness (QED) is 0.567. The van der Waals surface area contributed by atoms with Gasteiger partial charge in [-0.15, -0.1) is 0 Å². The maximum Gasteiger partial charge on any atom is 0.115 e. The number of halogens is 2. The Kier molecular flexibility index (Phi) is 3.29. The van der Waals surface area contributed by atoms with Crippen molar-refractivity contribution in [2.24, 2.45) is 0 Å². The predicted octanol–water partition coefficient (Wildman–Crippen LogP) is 2.69. The van der Waals surface area contributed by atoms with E-state index in [2.05, 4.69) is 0 Å². The topological polar surface area (TPSA) is 3.24 Å². The fraction of sp³-hybridized carbons (Fsp3) is 0.556. The first kappa shape index (κ1) is 9.75. The van der Waals surface area contributed by atoms with Crippen LogP contribution >= 0.6 is 11.6 Å². The Morgan fingerprint density at radius 1 is 1.58 bits per heavy atom. The first-order valence-corrected chi connectivity index (χ1v) is 4.37. The fourth-order valence-electron chi connectivity index (χ4n) is 1.12. The molecule has 1 aliphatic rings. The third-order valence-corrected chi connectivity index (χ3v) is 2.41. The highest BCUT2D eigenvalue weighted by Gasteiger charge is 2.08. The van der Waals surface area contributed by atoms with Crippen LogP contribution in [0.3, 0.4) is 0 Å². The third kappa shape index (κ3) is 2.61. The molecule has 0 aromatic heterocycles. The van der Waals surface area contributed by atoms with Crippen LogP contribution in [0.2, 0.25) is 0 Å². The van der Waals surface area contributed by atoms with Gasteiger partial charge in [-0.3, -0.25) is 4.90 Å². The lowest BCUT2D eigenvalue weighted by Crippen LogP contribution is -2.22. The van der Waals surface area contributed by atoms with Crippen LogP contribution in [0.15, 0.2) is 22.5 Å². The zero-order valence-electron chi connectivity index (χ0n) is 7.40. The molecule has 1 heterocycles. The molecule has 12 heavy (non-hydrogen) atoms. The Morgan fingerprint density at radius 2 is 2.25 bits per heavy atom. The van der Waals surface area contributed by atoms with Crippen LogP contribution in [0.1, 0.15) is 13.3 Å². The predicted molar refractivity (Wildman–Crippen MR) is 49.9 cm³/mol. The number of nitrogens with zero attached hydrogens (tertiary/aromatic N) is 1. The minimum absolute atomic E-state index is 0.165. The van der Waals surface area contributed by atoms with Gasteiger partial charge in [-0.25, -0.2) is 4.39 Å². The Labute approximate surface area is 77.5 Å². The average molecular weight is 190 g/mol. The van der Waals surface area contributed by atoms with Crippen LogP contribution in [0, 0.1) is 0 Å². The third-order valence-electron chi connectivity index (χ3n) is 1.98. The van der Waals surface area contributed by atoms with Crippen molar-refractivity contribution in [3.05, 3.63) is 22.5 Å². The summed E-state index contributed by atoms with van der Waals surface area (Å²) in [4.78, 5) is 1.94. The van der Waals surface area contributed by atoms with Gasteiger partial charge in [0.05, 0.1) is 6.54 Å². The lowest BCUT2D eigenvalue weighted by Gasteiger charge is -2.18. The minimum Gasteiger partial charge on any atom is -0.299 e. The lowest BCUT2D eigenvalue weighted by molar-refractivity contribution is 0.336. The summed E-state index contributed by atoms with van der Waals surface area (Å²) in [5, 5.41) is 0.556. The fourth-order valence-corrected chi connectivity index (χ4v) is 1.33. The molecule has 0 unspecified atom stereocenters. The van der Waals surface area contributed by atoms with E-state index in [1.165, 1.54) is 6.08 Å². The van der Waals surface area contributed by atoms with E-state index in [1.54, 1.807) is 0 Å². The standard InChI is InChI=1S/C9H13ClFN/c1-7-3-4-12(2)6-8(11)5-9(7)10/h5H,3-4,6H2,1-2H3/b8-5+,9-7-. The average Bonchev–Trinajstić information content (AvgIpc) is 1.98. The van der Waals surface area contributed by atoms with Gasteiger partial charge >= 0.3 is 0 Å². The van der Waals surface area contributed by atoms with E-state index in [9.17, 15) is 4.39 Å². The van der Waals surface area contributed by atoms with E-state index < -0.39 is 0 Å². The second kappa shape index (κ2) is 4.06. The molecule has 0 spiro atoms. The van der Waals surface area contributed by atoms with E-state index in [-0.39, 0.29) is 5.83 Å². The van der Waals surface area contributed by atoms with Gasteiger partial charge in [-0.05, 0) is 26.5 Å². The van der Waals surface area contributed by atoms with Gasteiger partial charge in [-0.2, -0.15) is 0 Å². The smallest absolute Gasteiger partial charge is 0.115 e. The molecule has 0 radical (unpaired) electrons. The van der Waals surface area contributed by atoms with Crippen LogP contribution in [0.25, 0.3) is 0 Å². The summed E-state index contributed by atoms with van der Waals surface area (Å²) in [5.74, 6) is -0.165. The molecule has 0 aromatic rings. The van der Waals surface area contributed by atoms with Crippen molar-refractivity contribution in [3.63, 3.8) is 0 Å². The molecule has 0 aromatic carbocycles. The molecular weight excluding hydrogens is 177 g/mol. The number of rotatable bonds is 0. The maximum atomic E-state index is 13.0. The van der Waals surface area contributed by atoms with Crippen molar-refractivity contribution >= 4 is 11.6 Å². The molecule has 0 bridgehead atoms. The van der Waals surface area contributed by atoms with E-state index in [4.69, 9.17) is 11.6 Å². The second-order valence-corrected chi connectivity index (χ2v) is 3.61. The van der Waals surface area contributed by atoms with Crippen molar-refractivity contribution in [2.75, 3.05) is 20.1 Å². The summed E-state index contributed by atoms with van der Waals surface area (Å²) in [7, 11) is 1.90. The molecule has 1 aliphatic heterocycles. The van der Waals surface area contributed by atoms with Crippen LogP contribution < -0.4 is 0 Å². The van der Waals surface area contributed by atoms with Gasteiger partial charge in [0.1, 0.15) is 5.83 Å². The van der Waals surface area contributed by atoms with Gasteiger partial charge in [0.25, 0.3) is 0 Å². The molecule has 0 atom stereocenters. The van der Waals surface area contributed by atoms with Gasteiger partial charge in [0.2, 0.25) is 0 Å². The molecule has 0 N–H and O–H groups in total. The van der Waals surface area contributed by atoms with Crippen LogP contribution in [-0.4, -0.2) is 25.0 Å². The van der Waals surface area contributed by atoms with E-state index >= 15 is 0 Å². The molecular formula is C9H13ClFN. The first-order chi connectivity index (χ1) is 5.59. The Balaban J connectivity index is 2.82. The molecule has 0 saturated heterocycles. The maximum absolute atomic E-state index is 13.0. The van der Waals surface area contributed by atoms with Gasteiger partial charge in [0, 0.05) is 11.6 Å². The van der Waals surface area contributed by atoms with E-state index in [0.717, 1.165) is 18.5 Å². The number of allylic oxidation sites excluding steroid dienone is 2.